The molecule has 9 heteroatoms. The first-order valence-corrected chi connectivity index (χ1v) is 8.37. The average Bonchev–Trinajstić information content (AvgIpc) is 2.77. The maximum absolute atomic E-state index is 14.0. The van der Waals surface area contributed by atoms with Crippen LogP contribution < -0.4 is 0 Å². The molecule has 1 aromatic heterocycles. The molecule has 0 spiro atoms. The Morgan fingerprint density at radius 1 is 1.35 bits per heavy atom. The highest BCUT2D eigenvalue weighted by molar-refractivity contribution is 8.13. The van der Waals surface area contributed by atoms with Crippen LogP contribution in [-0.2, 0) is 15.6 Å². The molecule has 0 saturated carbocycles. The molecule has 0 unspecified atom stereocenters. The lowest BCUT2D eigenvalue weighted by molar-refractivity contribution is 0.568. The first-order valence-electron chi connectivity index (χ1n) is 5.68. The van der Waals surface area contributed by atoms with E-state index in [0.29, 0.717) is 6.42 Å². The normalized spacial score (nSPS) is 11.8. The van der Waals surface area contributed by atoms with Crippen molar-refractivity contribution in [3.05, 3.63) is 29.0 Å². The van der Waals surface area contributed by atoms with Crippen LogP contribution in [0.25, 0.3) is 11.4 Å². The predicted octanol–water partition coefficient (Wildman–Crippen LogP) is 3.08. The van der Waals surface area contributed by atoms with Gasteiger partial charge in [0, 0.05) is 17.2 Å². The molecule has 1 heterocycles. The van der Waals surface area contributed by atoms with E-state index >= 15 is 0 Å². The van der Waals surface area contributed by atoms with Gasteiger partial charge in [0.1, 0.15) is 0 Å². The largest absolute Gasteiger partial charge is 0.297 e. The molecule has 5 nitrogen and oxygen atoms in total. The summed E-state index contributed by atoms with van der Waals surface area (Å²) in [5, 5.41) is 6.77. The van der Waals surface area contributed by atoms with E-state index in [-0.39, 0.29) is 23.0 Å². The molecule has 1 aromatic carbocycles. The Morgan fingerprint density at radius 2 is 2.05 bits per heavy atom. The standard InChI is InChI=1S/C11H10Cl2FN3O2S/c1-2-6-17-10(15-16-11(17)20(13,18)19)7-4-3-5-8(12)9(7)14/h3-5H,2,6H2,1H3. The maximum Gasteiger partial charge on any atom is 0.296 e. The van der Waals surface area contributed by atoms with Crippen molar-refractivity contribution in [2.75, 3.05) is 0 Å². The fourth-order valence-electron chi connectivity index (χ4n) is 1.77. The fourth-order valence-corrected chi connectivity index (χ4v) is 2.87. The molecule has 0 aliphatic rings. The summed E-state index contributed by atoms with van der Waals surface area (Å²) in [7, 11) is 1.24. The van der Waals surface area contributed by atoms with Gasteiger partial charge in [0.05, 0.1) is 10.6 Å². The Hall–Kier alpha value is -1.18. The zero-order valence-electron chi connectivity index (χ0n) is 10.3. The number of aromatic nitrogens is 3. The van der Waals surface area contributed by atoms with Crippen molar-refractivity contribution in [2.45, 2.75) is 25.0 Å². The SMILES string of the molecule is CCCn1c(-c2cccc(Cl)c2F)nnc1S(=O)(=O)Cl. The second-order valence-corrected chi connectivity index (χ2v) is 6.86. The second-order valence-electron chi connectivity index (χ2n) is 4.00. The molecule has 0 aliphatic carbocycles. The molecule has 0 N–H and O–H groups in total. The summed E-state index contributed by atoms with van der Waals surface area (Å²) in [5.74, 6) is -0.608. The van der Waals surface area contributed by atoms with Crippen LogP contribution in [-0.4, -0.2) is 23.2 Å². The van der Waals surface area contributed by atoms with Crippen molar-refractivity contribution < 1.29 is 12.8 Å². The lowest BCUT2D eigenvalue weighted by Gasteiger charge is -2.08. The molecule has 0 aliphatic heterocycles. The van der Waals surface area contributed by atoms with Gasteiger partial charge in [-0.05, 0) is 18.6 Å². The average molecular weight is 338 g/mol. The molecule has 2 aromatic rings. The highest BCUT2D eigenvalue weighted by Crippen LogP contribution is 2.28. The van der Waals surface area contributed by atoms with E-state index in [1.54, 1.807) is 6.07 Å². The summed E-state index contributed by atoms with van der Waals surface area (Å²) in [6, 6.07) is 4.38. The third-order valence-corrected chi connectivity index (χ3v) is 4.02. The number of hydrogen-bond donors (Lipinski definition) is 0. The van der Waals surface area contributed by atoms with E-state index in [1.165, 1.54) is 16.7 Å². The van der Waals surface area contributed by atoms with Crippen molar-refractivity contribution in [2.24, 2.45) is 0 Å². The van der Waals surface area contributed by atoms with Crippen molar-refractivity contribution >= 4 is 31.3 Å². The molecule has 20 heavy (non-hydrogen) atoms. The van der Waals surface area contributed by atoms with E-state index in [9.17, 15) is 12.8 Å². The Balaban J connectivity index is 2.69. The summed E-state index contributed by atoms with van der Waals surface area (Å²) >= 11 is 5.71. The van der Waals surface area contributed by atoms with Gasteiger partial charge in [0.2, 0.25) is 0 Å². The van der Waals surface area contributed by atoms with Crippen molar-refractivity contribution in [3.63, 3.8) is 0 Å². The van der Waals surface area contributed by atoms with Gasteiger partial charge in [-0.15, -0.1) is 10.2 Å². The zero-order valence-corrected chi connectivity index (χ0v) is 12.7. The minimum absolute atomic E-state index is 0.0741. The van der Waals surface area contributed by atoms with Gasteiger partial charge in [0.25, 0.3) is 14.2 Å². The maximum atomic E-state index is 14.0. The first kappa shape index (κ1) is 15.2. The van der Waals surface area contributed by atoms with E-state index in [2.05, 4.69) is 10.2 Å². The molecule has 0 saturated heterocycles. The lowest BCUT2D eigenvalue weighted by atomic mass is 10.2. The minimum atomic E-state index is -4.06. The van der Waals surface area contributed by atoms with Gasteiger partial charge in [-0.3, -0.25) is 4.57 Å². The van der Waals surface area contributed by atoms with E-state index in [1.807, 2.05) is 6.92 Å². The molecule has 0 atom stereocenters. The quantitative estimate of drug-likeness (QED) is 0.804. The highest BCUT2D eigenvalue weighted by atomic mass is 35.7. The summed E-state index contributed by atoms with van der Waals surface area (Å²) in [6.07, 6.45) is 0.604. The fraction of sp³-hybridized carbons (Fsp3) is 0.273. The Labute approximate surface area is 124 Å². The van der Waals surface area contributed by atoms with Crippen LogP contribution in [0.4, 0.5) is 4.39 Å². The van der Waals surface area contributed by atoms with Gasteiger partial charge in [-0.2, -0.15) is 0 Å². The number of benzene rings is 1. The van der Waals surface area contributed by atoms with Crippen molar-refractivity contribution in [1.82, 2.24) is 14.8 Å². The molecule has 108 valence electrons. The van der Waals surface area contributed by atoms with Crippen LogP contribution >= 0.6 is 22.3 Å². The van der Waals surface area contributed by atoms with Crippen LogP contribution in [0.3, 0.4) is 0 Å². The third kappa shape index (κ3) is 2.79. The molecule has 0 bridgehead atoms. The van der Waals surface area contributed by atoms with E-state index in [4.69, 9.17) is 22.3 Å². The smallest absolute Gasteiger partial charge is 0.296 e. The number of halogens is 3. The van der Waals surface area contributed by atoms with Crippen molar-refractivity contribution in [1.29, 1.82) is 0 Å². The van der Waals surface area contributed by atoms with Crippen LogP contribution in [0.5, 0.6) is 0 Å². The molecule has 0 amide bonds. The van der Waals surface area contributed by atoms with E-state index in [0.717, 1.165) is 0 Å². The van der Waals surface area contributed by atoms with Gasteiger partial charge in [-0.1, -0.05) is 24.6 Å². The summed E-state index contributed by atoms with van der Waals surface area (Å²) in [4.78, 5) is 0. The monoisotopic (exact) mass is 337 g/mol. The van der Waals surface area contributed by atoms with Crippen LogP contribution in [0.2, 0.25) is 5.02 Å². The summed E-state index contributed by atoms with van der Waals surface area (Å²) in [5.41, 5.74) is 0.0741. The topological polar surface area (TPSA) is 64.8 Å². The zero-order chi connectivity index (χ0) is 14.9. The molecule has 2 rings (SSSR count). The Kier molecular flexibility index (Phi) is 4.31. The van der Waals surface area contributed by atoms with Gasteiger partial charge in [0.15, 0.2) is 11.6 Å². The number of hydrogen-bond acceptors (Lipinski definition) is 4. The van der Waals surface area contributed by atoms with Crippen LogP contribution in [0.15, 0.2) is 23.4 Å². The van der Waals surface area contributed by atoms with E-state index < -0.39 is 20.0 Å². The molecule has 0 fully saturated rings. The molecular weight excluding hydrogens is 328 g/mol. The molecule has 0 radical (unpaired) electrons. The number of nitrogens with zero attached hydrogens (tertiary/aromatic N) is 3. The van der Waals surface area contributed by atoms with Gasteiger partial charge in [-0.25, -0.2) is 12.8 Å². The minimum Gasteiger partial charge on any atom is -0.297 e. The first-order chi connectivity index (χ1) is 9.36. The van der Waals surface area contributed by atoms with Gasteiger partial charge < -0.3 is 0 Å². The summed E-state index contributed by atoms with van der Waals surface area (Å²) in [6.45, 7) is 2.12. The second kappa shape index (κ2) is 5.67. The van der Waals surface area contributed by atoms with Crippen LogP contribution in [0, 0.1) is 5.82 Å². The number of rotatable bonds is 4. The summed E-state index contributed by atoms with van der Waals surface area (Å²) < 4.78 is 38.2. The van der Waals surface area contributed by atoms with Crippen molar-refractivity contribution in [3.8, 4) is 11.4 Å². The highest BCUT2D eigenvalue weighted by Gasteiger charge is 2.24. The Morgan fingerprint density at radius 3 is 2.65 bits per heavy atom. The van der Waals surface area contributed by atoms with Gasteiger partial charge >= 0.3 is 0 Å². The predicted molar refractivity (Wildman–Crippen MR) is 73.8 cm³/mol. The molecular formula is C11H10Cl2FN3O2S. The van der Waals surface area contributed by atoms with Crippen LogP contribution in [0.1, 0.15) is 13.3 Å². The lowest BCUT2D eigenvalue weighted by Crippen LogP contribution is -2.08. The Bertz CT molecular complexity index is 746. The third-order valence-electron chi connectivity index (χ3n) is 2.57.